The molecule has 2 nitrogen and oxygen atoms in total. The molecule has 18 heavy (non-hydrogen) atoms. The Bertz CT molecular complexity index is 361. The lowest BCUT2D eigenvalue weighted by atomic mass is 9.94. The summed E-state index contributed by atoms with van der Waals surface area (Å²) in [5.41, 5.74) is 1.22. The summed E-state index contributed by atoms with van der Waals surface area (Å²) in [6.45, 7) is 2.13. The third-order valence-corrected chi connectivity index (χ3v) is 3.69. The second kappa shape index (κ2) is 7.34. The summed E-state index contributed by atoms with van der Waals surface area (Å²) in [5, 5.41) is 13.0. The lowest BCUT2D eigenvalue weighted by molar-refractivity contribution is 0.259. The minimum atomic E-state index is 0.210. The summed E-state index contributed by atoms with van der Waals surface area (Å²) < 4.78 is 0. The van der Waals surface area contributed by atoms with E-state index in [4.69, 9.17) is 0 Å². The van der Waals surface area contributed by atoms with Crippen LogP contribution in [-0.4, -0.2) is 24.8 Å². The third-order valence-electron chi connectivity index (χ3n) is 3.69. The van der Waals surface area contributed by atoms with Crippen LogP contribution in [0.2, 0.25) is 0 Å². The van der Waals surface area contributed by atoms with E-state index >= 15 is 0 Å². The molecule has 2 rings (SSSR count). The second-order valence-electron chi connectivity index (χ2n) is 5.10. The highest BCUT2D eigenvalue weighted by Crippen LogP contribution is 2.18. The summed E-state index contributed by atoms with van der Waals surface area (Å²) in [6.07, 6.45) is 8.27. The lowest BCUT2D eigenvalue weighted by Gasteiger charge is -2.21. The van der Waals surface area contributed by atoms with Crippen LogP contribution in [0, 0.1) is 5.92 Å². The monoisotopic (exact) mass is 245 g/mol. The van der Waals surface area contributed by atoms with Crippen molar-refractivity contribution < 1.29 is 5.11 Å². The van der Waals surface area contributed by atoms with Crippen LogP contribution >= 0.6 is 0 Å². The first kappa shape index (κ1) is 13.3. The molecule has 1 aliphatic carbocycles. The summed E-state index contributed by atoms with van der Waals surface area (Å²) in [7, 11) is 0. The molecule has 0 aromatic heterocycles. The van der Waals surface area contributed by atoms with Gasteiger partial charge in [-0.2, -0.15) is 0 Å². The topological polar surface area (TPSA) is 32.3 Å². The van der Waals surface area contributed by atoms with E-state index in [1.54, 1.807) is 0 Å². The third kappa shape index (κ3) is 3.97. The van der Waals surface area contributed by atoms with Crippen LogP contribution in [0.5, 0.6) is 0 Å². The van der Waals surface area contributed by atoms with Gasteiger partial charge in [-0.3, -0.25) is 0 Å². The average molecular weight is 245 g/mol. The Hall–Kier alpha value is -1.12. The molecule has 0 bridgehead atoms. The van der Waals surface area contributed by atoms with Gasteiger partial charge in [0.2, 0.25) is 0 Å². The number of nitrogens with one attached hydrogen (secondary N) is 1. The van der Waals surface area contributed by atoms with Gasteiger partial charge < -0.3 is 10.4 Å². The molecule has 0 saturated carbocycles. The molecule has 0 spiro atoms. The van der Waals surface area contributed by atoms with Crippen LogP contribution in [-0.2, 0) is 0 Å². The van der Waals surface area contributed by atoms with Crippen molar-refractivity contribution in [2.75, 3.05) is 19.7 Å². The predicted molar refractivity (Wildman–Crippen MR) is 75.6 cm³/mol. The fraction of sp³-hybridized carbons (Fsp3) is 0.500. The zero-order valence-electron chi connectivity index (χ0n) is 10.9. The first-order chi connectivity index (χ1) is 8.90. The fourth-order valence-corrected chi connectivity index (χ4v) is 2.52. The number of allylic oxidation sites excluding steroid dienone is 2. The zero-order valence-corrected chi connectivity index (χ0v) is 10.9. The molecule has 2 atom stereocenters. The summed E-state index contributed by atoms with van der Waals surface area (Å²) in [6, 6.07) is 10.3. The van der Waals surface area contributed by atoms with Gasteiger partial charge in [0.25, 0.3) is 0 Å². The molecule has 0 aliphatic heterocycles. The van der Waals surface area contributed by atoms with Crippen molar-refractivity contribution in [1.82, 2.24) is 5.32 Å². The first-order valence-electron chi connectivity index (χ1n) is 6.91. The molecule has 0 amide bonds. The Morgan fingerprint density at radius 2 is 2.06 bits per heavy atom. The van der Waals surface area contributed by atoms with Crippen LogP contribution in [0.15, 0.2) is 42.5 Å². The van der Waals surface area contributed by atoms with Crippen molar-refractivity contribution in [2.24, 2.45) is 5.92 Å². The van der Waals surface area contributed by atoms with E-state index in [0.717, 1.165) is 19.0 Å². The van der Waals surface area contributed by atoms with Gasteiger partial charge in [-0.25, -0.2) is 0 Å². The molecule has 0 fully saturated rings. The molecule has 1 aromatic carbocycles. The summed E-state index contributed by atoms with van der Waals surface area (Å²) in [4.78, 5) is 0. The van der Waals surface area contributed by atoms with E-state index in [-0.39, 0.29) is 12.5 Å². The van der Waals surface area contributed by atoms with E-state index in [0.29, 0.717) is 0 Å². The molecule has 1 aromatic rings. The quantitative estimate of drug-likeness (QED) is 0.755. The van der Waals surface area contributed by atoms with Gasteiger partial charge in [-0.15, -0.1) is 0 Å². The Morgan fingerprint density at radius 3 is 2.72 bits per heavy atom. The molecule has 0 radical (unpaired) electrons. The van der Waals surface area contributed by atoms with Crippen LogP contribution in [0.4, 0.5) is 0 Å². The fourth-order valence-electron chi connectivity index (χ4n) is 2.52. The number of hydrogen-bond acceptors (Lipinski definition) is 2. The summed E-state index contributed by atoms with van der Waals surface area (Å²) in [5.74, 6) is 0.982. The van der Waals surface area contributed by atoms with Gasteiger partial charge in [0.05, 0.1) is 6.61 Å². The van der Waals surface area contributed by atoms with E-state index in [9.17, 15) is 5.11 Å². The smallest absolute Gasteiger partial charge is 0.0511 e. The zero-order chi connectivity index (χ0) is 12.6. The van der Waals surface area contributed by atoms with Crippen molar-refractivity contribution in [3.63, 3.8) is 0 Å². The Balaban J connectivity index is 1.75. The highest BCUT2D eigenvalue weighted by Gasteiger charge is 2.12. The molecule has 2 heteroatoms. The van der Waals surface area contributed by atoms with E-state index in [1.165, 1.54) is 24.8 Å². The van der Waals surface area contributed by atoms with Crippen LogP contribution in [0.25, 0.3) is 0 Å². The van der Waals surface area contributed by atoms with Crippen LogP contribution in [0.3, 0.4) is 0 Å². The van der Waals surface area contributed by atoms with Gasteiger partial charge in [-0.1, -0.05) is 42.5 Å². The predicted octanol–water partition coefficient (Wildman–Crippen LogP) is 2.71. The van der Waals surface area contributed by atoms with Gasteiger partial charge in [-0.05, 0) is 37.3 Å². The number of benzene rings is 1. The van der Waals surface area contributed by atoms with Crippen molar-refractivity contribution >= 4 is 0 Å². The second-order valence-corrected chi connectivity index (χ2v) is 5.10. The van der Waals surface area contributed by atoms with Gasteiger partial charge in [0, 0.05) is 12.5 Å². The molecular formula is C16H23NO. The Labute approximate surface area is 110 Å². The van der Waals surface area contributed by atoms with Gasteiger partial charge in [0.15, 0.2) is 0 Å². The highest BCUT2D eigenvalue weighted by atomic mass is 16.3. The highest BCUT2D eigenvalue weighted by molar-refractivity contribution is 5.19. The number of hydrogen-bond donors (Lipinski definition) is 2. The number of aliphatic hydroxyl groups excluding tert-OH is 1. The van der Waals surface area contributed by atoms with Crippen molar-refractivity contribution in [2.45, 2.75) is 25.2 Å². The lowest BCUT2D eigenvalue weighted by Crippen LogP contribution is -2.29. The number of aliphatic hydroxyl groups is 1. The van der Waals surface area contributed by atoms with E-state index in [1.807, 2.05) is 18.2 Å². The van der Waals surface area contributed by atoms with E-state index in [2.05, 4.69) is 29.6 Å². The van der Waals surface area contributed by atoms with Crippen LogP contribution < -0.4 is 5.32 Å². The SMILES string of the molecule is OC[C@H](CNC[C@H]1CC=CCC1)c1ccccc1. The standard InChI is InChI=1S/C16H23NO/c18-13-16(15-9-5-2-6-10-15)12-17-11-14-7-3-1-4-8-14/h1-3,5-6,9-10,14,16-18H,4,7-8,11-13H2/t14-,16-/m0/s1. The minimum absolute atomic E-state index is 0.210. The molecular weight excluding hydrogens is 222 g/mol. The average Bonchev–Trinajstić information content (AvgIpc) is 2.46. The van der Waals surface area contributed by atoms with Crippen LogP contribution in [0.1, 0.15) is 30.7 Å². The maximum Gasteiger partial charge on any atom is 0.0511 e. The molecule has 0 saturated heterocycles. The maximum absolute atomic E-state index is 9.47. The van der Waals surface area contributed by atoms with Crippen molar-refractivity contribution in [3.05, 3.63) is 48.0 Å². The molecule has 98 valence electrons. The Kier molecular flexibility index (Phi) is 5.43. The molecule has 2 N–H and O–H groups in total. The van der Waals surface area contributed by atoms with Gasteiger partial charge >= 0.3 is 0 Å². The minimum Gasteiger partial charge on any atom is -0.396 e. The van der Waals surface area contributed by atoms with E-state index < -0.39 is 0 Å². The first-order valence-corrected chi connectivity index (χ1v) is 6.91. The van der Waals surface area contributed by atoms with Crippen molar-refractivity contribution in [1.29, 1.82) is 0 Å². The number of rotatable bonds is 6. The summed E-state index contributed by atoms with van der Waals surface area (Å²) >= 11 is 0. The van der Waals surface area contributed by atoms with Crippen molar-refractivity contribution in [3.8, 4) is 0 Å². The molecule has 0 heterocycles. The Morgan fingerprint density at radius 1 is 1.22 bits per heavy atom. The maximum atomic E-state index is 9.47. The molecule has 1 aliphatic rings. The molecule has 0 unspecified atom stereocenters. The van der Waals surface area contributed by atoms with Gasteiger partial charge in [0.1, 0.15) is 0 Å². The normalized spacial score (nSPS) is 20.8. The largest absolute Gasteiger partial charge is 0.396 e.